The van der Waals surface area contributed by atoms with Crippen LogP contribution < -0.4 is 15.4 Å². The maximum atomic E-state index is 13.1. The van der Waals surface area contributed by atoms with Crippen molar-refractivity contribution in [2.45, 2.75) is 19.6 Å². The molecule has 0 aliphatic heterocycles. The second-order valence-electron chi connectivity index (χ2n) is 5.70. The normalized spacial score (nSPS) is 12.5. The van der Waals surface area contributed by atoms with Gasteiger partial charge in [0.2, 0.25) is 0 Å². The average Bonchev–Trinajstić information content (AvgIpc) is 2.67. The fourth-order valence-electron chi connectivity index (χ4n) is 2.49. The average molecular weight is 359 g/mol. The summed E-state index contributed by atoms with van der Waals surface area (Å²) in [5, 5.41) is 6.49. The number of methoxy groups -OCH3 is 2. The van der Waals surface area contributed by atoms with Gasteiger partial charge in [0.15, 0.2) is 5.96 Å². The summed E-state index contributed by atoms with van der Waals surface area (Å²) in [6.07, 6.45) is -0.198. The molecule has 0 spiro atoms. The second-order valence-corrected chi connectivity index (χ2v) is 5.70. The Morgan fingerprint density at radius 3 is 2.54 bits per heavy atom. The van der Waals surface area contributed by atoms with E-state index >= 15 is 0 Å². The van der Waals surface area contributed by atoms with Crippen molar-refractivity contribution in [1.29, 1.82) is 0 Å². The molecule has 2 aromatic rings. The lowest BCUT2D eigenvalue weighted by molar-refractivity contribution is 0.106. The first kappa shape index (κ1) is 19.7. The molecule has 26 heavy (non-hydrogen) atoms. The van der Waals surface area contributed by atoms with Crippen molar-refractivity contribution in [3.63, 3.8) is 0 Å². The van der Waals surface area contributed by atoms with E-state index in [2.05, 4.69) is 15.6 Å². The van der Waals surface area contributed by atoms with Crippen LogP contribution >= 0.6 is 0 Å². The first-order valence-corrected chi connectivity index (χ1v) is 8.59. The fourth-order valence-corrected chi connectivity index (χ4v) is 2.49. The summed E-state index contributed by atoms with van der Waals surface area (Å²) in [5.74, 6) is 1.25. The first-order chi connectivity index (χ1) is 12.7. The zero-order valence-corrected chi connectivity index (χ0v) is 15.5. The number of hydrogen-bond acceptors (Lipinski definition) is 3. The van der Waals surface area contributed by atoms with E-state index in [9.17, 15) is 4.39 Å². The van der Waals surface area contributed by atoms with Crippen LogP contribution in [-0.2, 0) is 11.3 Å². The monoisotopic (exact) mass is 359 g/mol. The van der Waals surface area contributed by atoms with Gasteiger partial charge in [0, 0.05) is 20.2 Å². The van der Waals surface area contributed by atoms with Gasteiger partial charge in [-0.3, -0.25) is 0 Å². The van der Waals surface area contributed by atoms with E-state index in [-0.39, 0.29) is 11.9 Å². The minimum absolute atomic E-state index is 0.198. The van der Waals surface area contributed by atoms with Crippen LogP contribution in [0, 0.1) is 5.82 Å². The number of rotatable bonds is 8. The van der Waals surface area contributed by atoms with Crippen LogP contribution in [0.15, 0.2) is 53.5 Å². The Morgan fingerprint density at radius 2 is 1.88 bits per heavy atom. The molecule has 0 aliphatic rings. The zero-order chi connectivity index (χ0) is 18.8. The number of nitrogens with one attached hydrogen (secondary N) is 2. The molecule has 2 rings (SSSR count). The van der Waals surface area contributed by atoms with Gasteiger partial charge in [0.25, 0.3) is 0 Å². The van der Waals surface area contributed by atoms with Gasteiger partial charge >= 0.3 is 0 Å². The highest BCUT2D eigenvalue weighted by Crippen LogP contribution is 2.16. The van der Waals surface area contributed by atoms with E-state index in [1.807, 2.05) is 31.2 Å². The minimum Gasteiger partial charge on any atom is -0.497 e. The molecule has 0 saturated carbocycles. The Labute approximate surface area is 154 Å². The Bertz CT molecular complexity index is 704. The molecule has 1 unspecified atom stereocenters. The van der Waals surface area contributed by atoms with Crippen LogP contribution in [0.5, 0.6) is 5.75 Å². The van der Waals surface area contributed by atoms with Gasteiger partial charge in [0.05, 0.1) is 19.8 Å². The zero-order valence-electron chi connectivity index (χ0n) is 15.5. The van der Waals surface area contributed by atoms with Crippen molar-refractivity contribution < 1.29 is 13.9 Å². The lowest BCUT2D eigenvalue weighted by Gasteiger charge is -2.18. The summed E-state index contributed by atoms with van der Waals surface area (Å²) in [4.78, 5) is 4.60. The van der Waals surface area contributed by atoms with Gasteiger partial charge in [-0.25, -0.2) is 9.38 Å². The molecule has 0 fully saturated rings. The van der Waals surface area contributed by atoms with Gasteiger partial charge in [-0.1, -0.05) is 24.3 Å². The summed E-state index contributed by atoms with van der Waals surface area (Å²) in [6.45, 7) is 3.81. The summed E-state index contributed by atoms with van der Waals surface area (Å²) in [6, 6.07) is 14.1. The molecule has 2 N–H and O–H groups in total. The smallest absolute Gasteiger partial charge is 0.191 e. The summed E-state index contributed by atoms with van der Waals surface area (Å²) in [5.41, 5.74) is 1.97. The number of ether oxygens (including phenoxy) is 2. The summed E-state index contributed by atoms with van der Waals surface area (Å²) in [7, 11) is 3.28. The first-order valence-electron chi connectivity index (χ1n) is 8.59. The predicted molar refractivity (Wildman–Crippen MR) is 102 cm³/mol. The Hall–Kier alpha value is -2.60. The molecule has 2 aromatic carbocycles. The molecule has 0 saturated heterocycles. The molecule has 0 radical (unpaired) electrons. The van der Waals surface area contributed by atoms with E-state index < -0.39 is 0 Å². The van der Waals surface area contributed by atoms with Crippen molar-refractivity contribution in [1.82, 2.24) is 10.6 Å². The van der Waals surface area contributed by atoms with E-state index in [0.29, 0.717) is 19.0 Å². The molecule has 0 aliphatic carbocycles. The molecule has 5 nitrogen and oxygen atoms in total. The van der Waals surface area contributed by atoms with Crippen LogP contribution in [0.25, 0.3) is 0 Å². The number of aliphatic imine (C=N–C) groups is 1. The Kier molecular flexibility index (Phi) is 7.89. The summed E-state index contributed by atoms with van der Waals surface area (Å²) < 4.78 is 23.8. The van der Waals surface area contributed by atoms with Crippen molar-refractivity contribution in [2.24, 2.45) is 4.99 Å². The highest BCUT2D eigenvalue weighted by atomic mass is 19.1. The molecule has 6 heteroatoms. The molecule has 1 atom stereocenters. The minimum atomic E-state index is -0.259. The van der Waals surface area contributed by atoms with E-state index in [0.717, 1.165) is 23.4 Å². The third-order valence-corrected chi connectivity index (χ3v) is 3.88. The Morgan fingerprint density at radius 1 is 1.12 bits per heavy atom. The number of guanidine groups is 1. The van der Waals surface area contributed by atoms with E-state index in [1.54, 1.807) is 26.4 Å². The van der Waals surface area contributed by atoms with Crippen LogP contribution in [0.4, 0.5) is 4.39 Å². The quantitative estimate of drug-likeness (QED) is 0.561. The maximum Gasteiger partial charge on any atom is 0.191 e. The molecule has 0 aromatic heterocycles. The van der Waals surface area contributed by atoms with Crippen LogP contribution in [0.3, 0.4) is 0 Å². The van der Waals surface area contributed by atoms with Crippen LogP contribution in [-0.4, -0.2) is 33.3 Å². The molecule has 0 amide bonds. The third kappa shape index (κ3) is 6.04. The van der Waals surface area contributed by atoms with E-state index in [4.69, 9.17) is 9.47 Å². The Balaban J connectivity index is 2.00. The number of hydrogen-bond donors (Lipinski definition) is 2. The van der Waals surface area contributed by atoms with Crippen molar-refractivity contribution in [2.75, 3.05) is 27.3 Å². The van der Waals surface area contributed by atoms with Gasteiger partial charge in [0.1, 0.15) is 11.6 Å². The number of halogens is 1. The van der Waals surface area contributed by atoms with Crippen molar-refractivity contribution >= 4 is 5.96 Å². The van der Waals surface area contributed by atoms with Crippen molar-refractivity contribution in [3.8, 4) is 5.75 Å². The highest BCUT2D eigenvalue weighted by Gasteiger charge is 2.11. The van der Waals surface area contributed by atoms with Crippen LogP contribution in [0.1, 0.15) is 24.2 Å². The fraction of sp³-hybridized carbons (Fsp3) is 0.350. The van der Waals surface area contributed by atoms with Gasteiger partial charge in [-0.05, 0) is 42.3 Å². The predicted octanol–water partition coefficient (Wildman–Crippen LogP) is 3.28. The van der Waals surface area contributed by atoms with Gasteiger partial charge in [-0.2, -0.15) is 0 Å². The van der Waals surface area contributed by atoms with Gasteiger partial charge in [-0.15, -0.1) is 0 Å². The van der Waals surface area contributed by atoms with E-state index in [1.165, 1.54) is 12.1 Å². The SMILES string of the molecule is CCNC(=NCc1cccc(OC)c1)NCC(OC)c1ccc(F)cc1. The number of benzene rings is 2. The van der Waals surface area contributed by atoms with Crippen molar-refractivity contribution in [3.05, 3.63) is 65.5 Å². The molecular weight excluding hydrogens is 333 g/mol. The lowest BCUT2D eigenvalue weighted by atomic mass is 10.1. The van der Waals surface area contributed by atoms with Gasteiger partial charge < -0.3 is 20.1 Å². The number of nitrogens with zero attached hydrogens (tertiary/aromatic N) is 1. The lowest BCUT2D eigenvalue weighted by Crippen LogP contribution is -2.39. The third-order valence-electron chi connectivity index (χ3n) is 3.88. The molecular formula is C20H26FN3O2. The largest absolute Gasteiger partial charge is 0.497 e. The maximum absolute atomic E-state index is 13.1. The molecule has 140 valence electrons. The standard InChI is InChI=1S/C20H26FN3O2/c1-4-22-20(23-13-15-6-5-7-18(12-15)25-2)24-14-19(26-3)16-8-10-17(21)11-9-16/h5-12,19H,4,13-14H2,1-3H3,(H2,22,23,24). The summed E-state index contributed by atoms with van der Waals surface area (Å²) >= 11 is 0. The highest BCUT2D eigenvalue weighted by molar-refractivity contribution is 5.79. The van der Waals surface area contributed by atoms with Crippen LogP contribution in [0.2, 0.25) is 0 Å². The second kappa shape index (κ2) is 10.4. The molecule has 0 heterocycles. The molecule has 0 bridgehead atoms. The topological polar surface area (TPSA) is 54.9 Å².